The summed E-state index contributed by atoms with van der Waals surface area (Å²) in [4.78, 5) is 26.6. The van der Waals surface area contributed by atoms with Crippen LogP contribution in [0.5, 0.6) is 0 Å². The lowest BCUT2D eigenvalue weighted by Gasteiger charge is -2.37. The molecule has 1 saturated carbocycles. The van der Waals surface area contributed by atoms with E-state index in [1.165, 1.54) is 0 Å². The smallest absolute Gasteiger partial charge is 0.234 e. The summed E-state index contributed by atoms with van der Waals surface area (Å²) < 4.78 is 0. The van der Waals surface area contributed by atoms with Crippen molar-refractivity contribution in [3.63, 3.8) is 0 Å². The number of aliphatic hydroxyl groups is 1. The van der Waals surface area contributed by atoms with E-state index in [9.17, 15) is 14.7 Å². The molecule has 24 heavy (non-hydrogen) atoms. The van der Waals surface area contributed by atoms with Gasteiger partial charge in [0.25, 0.3) is 0 Å². The van der Waals surface area contributed by atoms with Crippen LogP contribution in [-0.2, 0) is 9.59 Å². The Kier molecular flexibility index (Phi) is 4.69. The monoisotopic (exact) mass is 331 g/mol. The van der Waals surface area contributed by atoms with Crippen molar-refractivity contribution in [2.75, 3.05) is 6.54 Å². The van der Waals surface area contributed by atoms with Gasteiger partial charge in [-0.2, -0.15) is 0 Å². The number of carbonyl (C=O) groups excluding carboxylic acids is 2. The fraction of sp³-hybridized carbons (Fsp3) is 0.700. The van der Waals surface area contributed by atoms with Gasteiger partial charge in [0, 0.05) is 12.2 Å². The van der Waals surface area contributed by atoms with E-state index in [2.05, 4.69) is 0 Å². The van der Waals surface area contributed by atoms with Gasteiger partial charge >= 0.3 is 0 Å². The number of allylic oxidation sites excluding steroid dienone is 3. The Bertz CT molecular complexity index is 606. The zero-order chi connectivity index (χ0) is 17.5. The lowest BCUT2D eigenvalue weighted by Crippen LogP contribution is -2.37. The Morgan fingerprint density at radius 1 is 1.25 bits per heavy atom. The van der Waals surface area contributed by atoms with Crippen LogP contribution in [0.1, 0.15) is 59.3 Å². The van der Waals surface area contributed by atoms with E-state index in [4.69, 9.17) is 0 Å². The highest BCUT2D eigenvalue weighted by Crippen LogP contribution is 2.40. The molecule has 0 spiro atoms. The van der Waals surface area contributed by atoms with E-state index >= 15 is 0 Å². The largest absolute Gasteiger partial charge is 0.390 e. The summed E-state index contributed by atoms with van der Waals surface area (Å²) in [5.74, 6) is 0.289. The summed E-state index contributed by atoms with van der Waals surface area (Å²) in [6.07, 6.45) is 9.06. The van der Waals surface area contributed by atoms with Gasteiger partial charge in [-0.05, 0) is 57.1 Å². The molecule has 1 amide bonds. The van der Waals surface area contributed by atoms with Crippen molar-refractivity contribution in [1.29, 1.82) is 0 Å². The normalized spacial score (nSPS) is 36.5. The minimum absolute atomic E-state index is 0.0821. The molecule has 4 unspecified atom stereocenters. The fourth-order valence-electron chi connectivity index (χ4n) is 4.60. The van der Waals surface area contributed by atoms with Crippen molar-refractivity contribution in [2.45, 2.75) is 64.9 Å². The summed E-state index contributed by atoms with van der Waals surface area (Å²) >= 11 is 0. The van der Waals surface area contributed by atoms with Gasteiger partial charge in [0.05, 0.1) is 17.4 Å². The first-order valence-corrected chi connectivity index (χ1v) is 9.36. The van der Waals surface area contributed by atoms with E-state index in [0.29, 0.717) is 12.5 Å². The predicted octanol–water partition coefficient (Wildman–Crippen LogP) is 3.22. The maximum absolute atomic E-state index is 12.7. The molecular formula is C20H29NO3. The number of amides is 1. The molecule has 0 aromatic carbocycles. The van der Waals surface area contributed by atoms with Crippen molar-refractivity contribution in [2.24, 2.45) is 17.8 Å². The molecule has 132 valence electrons. The summed E-state index contributed by atoms with van der Waals surface area (Å²) in [5.41, 5.74) is 1.41. The van der Waals surface area contributed by atoms with Crippen LogP contribution in [0.25, 0.3) is 0 Å². The second-order valence-electron chi connectivity index (χ2n) is 7.84. The quantitative estimate of drug-likeness (QED) is 0.860. The zero-order valence-corrected chi connectivity index (χ0v) is 15.0. The molecule has 4 atom stereocenters. The first-order chi connectivity index (χ1) is 11.4. The number of hydrogen-bond acceptors (Lipinski definition) is 3. The molecule has 4 nitrogen and oxygen atoms in total. The van der Waals surface area contributed by atoms with Gasteiger partial charge in [-0.25, -0.2) is 0 Å². The third kappa shape index (κ3) is 2.97. The van der Waals surface area contributed by atoms with Gasteiger partial charge in [-0.15, -0.1) is 0 Å². The summed E-state index contributed by atoms with van der Waals surface area (Å²) in [7, 11) is 0. The van der Waals surface area contributed by atoms with Gasteiger partial charge in [0.15, 0.2) is 5.78 Å². The summed E-state index contributed by atoms with van der Waals surface area (Å²) in [6, 6.07) is 0. The second kappa shape index (κ2) is 6.47. The number of nitrogens with zero attached hydrogens (tertiary/aromatic N) is 1. The van der Waals surface area contributed by atoms with E-state index in [-0.39, 0.29) is 23.5 Å². The molecule has 0 aromatic rings. The van der Waals surface area contributed by atoms with Gasteiger partial charge in [-0.1, -0.05) is 25.8 Å². The van der Waals surface area contributed by atoms with E-state index in [1.54, 1.807) is 6.08 Å². The molecular weight excluding hydrogens is 302 g/mol. The van der Waals surface area contributed by atoms with Crippen molar-refractivity contribution in [1.82, 2.24) is 4.90 Å². The third-order valence-corrected chi connectivity index (χ3v) is 6.30. The highest BCUT2D eigenvalue weighted by molar-refractivity contribution is 5.99. The van der Waals surface area contributed by atoms with Gasteiger partial charge < -0.3 is 10.0 Å². The topological polar surface area (TPSA) is 57.6 Å². The second-order valence-corrected chi connectivity index (χ2v) is 7.84. The Balaban J connectivity index is 1.71. The summed E-state index contributed by atoms with van der Waals surface area (Å²) in [5, 5.41) is 10.6. The third-order valence-electron chi connectivity index (χ3n) is 6.30. The van der Waals surface area contributed by atoms with E-state index in [1.807, 2.05) is 31.7 Å². The highest BCUT2D eigenvalue weighted by Gasteiger charge is 2.41. The van der Waals surface area contributed by atoms with Crippen molar-refractivity contribution >= 4 is 11.7 Å². The molecule has 2 aliphatic carbocycles. The standard InChI is InChI=1S/C20H29NO3/c1-4-20(24)10-5-6-15(12-20)9-11-21-18-14(3)17(22)8-7-16(18)13(2)19(21)23/h7-8,13-15,24H,4-6,9-12H2,1-3H3. The van der Waals surface area contributed by atoms with Crippen molar-refractivity contribution < 1.29 is 14.7 Å². The first kappa shape index (κ1) is 17.4. The van der Waals surface area contributed by atoms with Crippen molar-refractivity contribution in [3.8, 4) is 0 Å². The fourth-order valence-corrected chi connectivity index (χ4v) is 4.60. The molecule has 1 aliphatic heterocycles. The lowest BCUT2D eigenvalue weighted by atomic mass is 9.75. The Morgan fingerprint density at radius 2 is 2.00 bits per heavy atom. The molecule has 4 heteroatoms. The van der Waals surface area contributed by atoms with Gasteiger partial charge in [0.2, 0.25) is 5.91 Å². The molecule has 1 N–H and O–H groups in total. The predicted molar refractivity (Wildman–Crippen MR) is 93.0 cm³/mol. The van der Waals surface area contributed by atoms with Crippen molar-refractivity contribution in [3.05, 3.63) is 23.4 Å². The van der Waals surface area contributed by atoms with Crippen LogP contribution in [0.2, 0.25) is 0 Å². The SMILES string of the molecule is CCC1(O)CCCC(CCN2C(=O)C(C)C3=C2C(C)C(=O)C=C3)C1. The molecule has 0 aromatic heterocycles. The average Bonchev–Trinajstić information content (AvgIpc) is 2.81. The highest BCUT2D eigenvalue weighted by atomic mass is 16.3. The molecule has 3 rings (SSSR count). The zero-order valence-electron chi connectivity index (χ0n) is 15.0. The number of carbonyl (C=O) groups is 2. The molecule has 1 fully saturated rings. The van der Waals surface area contributed by atoms with E-state index < -0.39 is 5.60 Å². The number of rotatable bonds is 4. The molecule has 1 heterocycles. The van der Waals surface area contributed by atoms with Crippen LogP contribution in [0.4, 0.5) is 0 Å². The van der Waals surface area contributed by atoms with Crippen LogP contribution >= 0.6 is 0 Å². The first-order valence-electron chi connectivity index (χ1n) is 9.36. The Morgan fingerprint density at radius 3 is 2.71 bits per heavy atom. The number of hydrogen-bond donors (Lipinski definition) is 1. The Labute approximate surface area is 144 Å². The van der Waals surface area contributed by atoms with Crippen LogP contribution in [0.3, 0.4) is 0 Å². The van der Waals surface area contributed by atoms with Crippen LogP contribution < -0.4 is 0 Å². The molecule has 0 saturated heterocycles. The maximum Gasteiger partial charge on any atom is 0.234 e. The minimum atomic E-state index is -0.521. The number of ketones is 1. The summed E-state index contributed by atoms with van der Waals surface area (Å²) in [6.45, 7) is 6.54. The van der Waals surface area contributed by atoms with Crippen LogP contribution in [-0.4, -0.2) is 33.8 Å². The lowest BCUT2D eigenvalue weighted by molar-refractivity contribution is -0.130. The van der Waals surface area contributed by atoms with Gasteiger partial charge in [-0.3, -0.25) is 9.59 Å². The molecule has 0 bridgehead atoms. The molecule has 0 radical (unpaired) electrons. The average molecular weight is 331 g/mol. The molecule has 3 aliphatic rings. The van der Waals surface area contributed by atoms with Crippen LogP contribution in [0.15, 0.2) is 23.4 Å². The Hall–Kier alpha value is -1.42. The van der Waals surface area contributed by atoms with E-state index in [0.717, 1.165) is 49.8 Å². The maximum atomic E-state index is 12.7. The minimum Gasteiger partial charge on any atom is -0.390 e. The van der Waals surface area contributed by atoms with Gasteiger partial charge in [0.1, 0.15) is 0 Å². The van der Waals surface area contributed by atoms with Crippen LogP contribution in [0, 0.1) is 17.8 Å².